The van der Waals surface area contributed by atoms with Crippen molar-refractivity contribution in [2.24, 2.45) is 5.92 Å². The van der Waals surface area contributed by atoms with Crippen LogP contribution in [-0.2, 0) is 4.79 Å². The number of nitrogens with zero attached hydrogens (tertiary/aromatic N) is 1. The smallest absolute Gasteiger partial charge is 0.222 e. The number of aliphatic hydroxyl groups is 1. The van der Waals surface area contributed by atoms with Crippen LogP contribution in [0.3, 0.4) is 0 Å². The molecule has 1 aliphatic carbocycles. The first-order chi connectivity index (χ1) is 7.74. The van der Waals surface area contributed by atoms with Gasteiger partial charge in [0.2, 0.25) is 5.91 Å². The van der Waals surface area contributed by atoms with E-state index >= 15 is 0 Å². The summed E-state index contributed by atoms with van der Waals surface area (Å²) in [6.45, 7) is 2.96. The maximum Gasteiger partial charge on any atom is 0.222 e. The van der Waals surface area contributed by atoms with Gasteiger partial charge in [0.15, 0.2) is 0 Å². The number of likely N-dealkylation sites (tertiary alicyclic amines) is 1. The van der Waals surface area contributed by atoms with E-state index in [9.17, 15) is 9.90 Å². The largest absolute Gasteiger partial charge is 0.393 e. The van der Waals surface area contributed by atoms with Crippen LogP contribution in [0.15, 0.2) is 0 Å². The summed E-state index contributed by atoms with van der Waals surface area (Å²) in [5.41, 5.74) is 0. The Morgan fingerprint density at radius 2 is 2.12 bits per heavy atom. The molecule has 2 rings (SSSR count). The summed E-state index contributed by atoms with van der Waals surface area (Å²) < 4.78 is 0. The SMILES string of the molecule is CCCC(=O)N1CCCC1C1CCCC1O. The summed E-state index contributed by atoms with van der Waals surface area (Å²) in [4.78, 5) is 14.0. The van der Waals surface area contributed by atoms with Crippen LogP contribution >= 0.6 is 0 Å². The van der Waals surface area contributed by atoms with Gasteiger partial charge in [0.05, 0.1) is 6.10 Å². The van der Waals surface area contributed by atoms with E-state index < -0.39 is 0 Å². The van der Waals surface area contributed by atoms with Crippen molar-refractivity contribution in [1.29, 1.82) is 0 Å². The normalized spacial score (nSPS) is 34.6. The summed E-state index contributed by atoms with van der Waals surface area (Å²) in [6, 6.07) is 0.330. The lowest BCUT2D eigenvalue weighted by atomic mass is 9.94. The zero-order valence-electron chi connectivity index (χ0n) is 10.2. The fraction of sp³-hybridized carbons (Fsp3) is 0.923. The van der Waals surface area contributed by atoms with E-state index in [0.717, 1.165) is 45.1 Å². The van der Waals surface area contributed by atoms with Gasteiger partial charge in [-0.05, 0) is 32.1 Å². The molecule has 92 valence electrons. The molecule has 3 atom stereocenters. The van der Waals surface area contributed by atoms with Gasteiger partial charge in [0, 0.05) is 24.9 Å². The van der Waals surface area contributed by atoms with Crippen LogP contribution in [0.1, 0.15) is 51.9 Å². The van der Waals surface area contributed by atoms with E-state index in [1.165, 1.54) is 0 Å². The van der Waals surface area contributed by atoms with Crippen molar-refractivity contribution in [1.82, 2.24) is 4.90 Å². The molecule has 1 saturated carbocycles. The summed E-state index contributed by atoms with van der Waals surface area (Å²) in [5, 5.41) is 9.94. The highest BCUT2D eigenvalue weighted by atomic mass is 16.3. The van der Waals surface area contributed by atoms with Gasteiger partial charge in [0.25, 0.3) is 0 Å². The highest BCUT2D eigenvalue weighted by molar-refractivity contribution is 5.76. The number of carbonyl (C=O) groups excluding carboxylic acids is 1. The molecule has 3 heteroatoms. The molecule has 0 bridgehead atoms. The van der Waals surface area contributed by atoms with E-state index in [1.807, 2.05) is 11.8 Å². The molecule has 0 aromatic carbocycles. The Hall–Kier alpha value is -0.570. The van der Waals surface area contributed by atoms with Crippen molar-refractivity contribution >= 4 is 5.91 Å². The average molecular weight is 225 g/mol. The van der Waals surface area contributed by atoms with Gasteiger partial charge in [-0.2, -0.15) is 0 Å². The molecule has 1 amide bonds. The fourth-order valence-corrected chi connectivity index (χ4v) is 3.32. The molecule has 1 aliphatic heterocycles. The quantitative estimate of drug-likeness (QED) is 0.797. The first-order valence-electron chi connectivity index (χ1n) is 6.71. The molecule has 0 radical (unpaired) electrons. The molecule has 0 aromatic heterocycles. The Morgan fingerprint density at radius 3 is 2.75 bits per heavy atom. The lowest BCUT2D eigenvalue weighted by Gasteiger charge is -2.31. The monoisotopic (exact) mass is 225 g/mol. The highest BCUT2D eigenvalue weighted by Gasteiger charge is 2.39. The number of rotatable bonds is 3. The van der Waals surface area contributed by atoms with Crippen LogP contribution in [0.25, 0.3) is 0 Å². The number of carbonyl (C=O) groups is 1. The zero-order chi connectivity index (χ0) is 11.5. The zero-order valence-corrected chi connectivity index (χ0v) is 10.2. The third-order valence-electron chi connectivity index (χ3n) is 4.11. The third-order valence-corrected chi connectivity index (χ3v) is 4.11. The van der Waals surface area contributed by atoms with Gasteiger partial charge in [0.1, 0.15) is 0 Å². The number of hydrogen-bond acceptors (Lipinski definition) is 2. The van der Waals surface area contributed by atoms with Crippen molar-refractivity contribution in [3.63, 3.8) is 0 Å². The molecule has 2 fully saturated rings. The Kier molecular flexibility index (Phi) is 3.85. The lowest BCUT2D eigenvalue weighted by molar-refractivity contribution is -0.133. The van der Waals surface area contributed by atoms with Crippen molar-refractivity contribution in [2.75, 3.05) is 6.54 Å². The fourth-order valence-electron chi connectivity index (χ4n) is 3.32. The van der Waals surface area contributed by atoms with Crippen LogP contribution < -0.4 is 0 Å². The predicted molar refractivity (Wildman–Crippen MR) is 63.0 cm³/mol. The molecule has 1 heterocycles. The average Bonchev–Trinajstić information content (AvgIpc) is 2.85. The topological polar surface area (TPSA) is 40.5 Å². The van der Waals surface area contributed by atoms with Crippen LogP contribution in [-0.4, -0.2) is 34.6 Å². The van der Waals surface area contributed by atoms with Crippen molar-refractivity contribution in [3.05, 3.63) is 0 Å². The molecule has 16 heavy (non-hydrogen) atoms. The van der Waals surface area contributed by atoms with Crippen molar-refractivity contribution in [2.45, 2.75) is 64.0 Å². The molecule has 0 spiro atoms. The first-order valence-corrected chi connectivity index (χ1v) is 6.71. The Labute approximate surface area is 97.8 Å². The maximum atomic E-state index is 12.0. The Balaban J connectivity index is 1.99. The molecule has 3 unspecified atom stereocenters. The Bertz CT molecular complexity index is 254. The van der Waals surface area contributed by atoms with Gasteiger partial charge >= 0.3 is 0 Å². The molecule has 1 N–H and O–H groups in total. The van der Waals surface area contributed by atoms with Gasteiger partial charge < -0.3 is 10.0 Å². The van der Waals surface area contributed by atoms with Gasteiger partial charge in [-0.1, -0.05) is 13.3 Å². The molecular weight excluding hydrogens is 202 g/mol. The number of hydrogen-bond donors (Lipinski definition) is 1. The minimum Gasteiger partial charge on any atom is -0.393 e. The second kappa shape index (κ2) is 5.17. The van der Waals surface area contributed by atoms with E-state index in [-0.39, 0.29) is 6.10 Å². The third kappa shape index (κ3) is 2.24. The second-order valence-corrected chi connectivity index (χ2v) is 5.21. The number of amides is 1. The first kappa shape index (κ1) is 11.9. The Morgan fingerprint density at radius 1 is 1.31 bits per heavy atom. The van der Waals surface area contributed by atoms with Crippen LogP contribution in [0.5, 0.6) is 0 Å². The molecule has 0 aromatic rings. The van der Waals surface area contributed by atoms with Gasteiger partial charge in [-0.3, -0.25) is 4.79 Å². The van der Waals surface area contributed by atoms with E-state index in [0.29, 0.717) is 24.3 Å². The van der Waals surface area contributed by atoms with Gasteiger partial charge in [-0.25, -0.2) is 0 Å². The van der Waals surface area contributed by atoms with Crippen LogP contribution in [0, 0.1) is 5.92 Å². The van der Waals surface area contributed by atoms with Crippen LogP contribution in [0.4, 0.5) is 0 Å². The summed E-state index contributed by atoms with van der Waals surface area (Å²) in [6.07, 6.45) is 6.78. The summed E-state index contributed by atoms with van der Waals surface area (Å²) in [7, 11) is 0. The maximum absolute atomic E-state index is 12.0. The minimum absolute atomic E-state index is 0.167. The van der Waals surface area contributed by atoms with Crippen LogP contribution in [0.2, 0.25) is 0 Å². The number of aliphatic hydroxyl groups excluding tert-OH is 1. The van der Waals surface area contributed by atoms with E-state index in [2.05, 4.69) is 0 Å². The molecule has 2 aliphatic rings. The summed E-state index contributed by atoms with van der Waals surface area (Å²) in [5.74, 6) is 0.646. The van der Waals surface area contributed by atoms with Crippen molar-refractivity contribution in [3.8, 4) is 0 Å². The molecule has 1 saturated heterocycles. The van der Waals surface area contributed by atoms with Crippen molar-refractivity contribution < 1.29 is 9.90 Å². The summed E-state index contributed by atoms with van der Waals surface area (Å²) >= 11 is 0. The highest BCUT2D eigenvalue weighted by Crippen LogP contribution is 2.36. The van der Waals surface area contributed by atoms with E-state index in [1.54, 1.807) is 0 Å². The predicted octanol–water partition coefficient (Wildman–Crippen LogP) is 1.94. The second-order valence-electron chi connectivity index (χ2n) is 5.21. The minimum atomic E-state index is -0.167. The van der Waals surface area contributed by atoms with Gasteiger partial charge in [-0.15, -0.1) is 0 Å². The van der Waals surface area contributed by atoms with E-state index in [4.69, 9.17) is 0 Å². The standard InChI is InChI=1S/C13H23NO2/c1-2-5-13(16)14-9-4-7-11(14)10-6-3-8-12(10)15/h10-12,15H,2-9H2,1H3. The lowest BCUT2D eigenvalue weighted by Crippen LogP contribution is -2.42. The molecule has 3 nitrogen and oxygen atoms in total. The molecular formula is C13H23NO2.